The third kappa shape index (κ3) is 6.00. The zero-order valence-corrected chi connectivity index (χ0v) is 24.4. The van der Waals surface area contributed by atoms with E-state index in [0.29, 0.717) is 18.2 Å². The second-order valence-electron chi connectivity index (χ2n) is 11.0. The van der Waals surface area contributed by atoms with Crippen molar-refractivity contribution in [3.8, 4) is 17.0 Å². The molecule has 0 bridgehead atoms. The molecule has 220 valence electrons. The van der Waals surface area contributed by atoms with Crippen molar-refractivity contribution in [2.45, 2.75) is 13.1 Å². The van der Waals surface area contributed by atoms with E-state index in [4.69, 9.17) is 16.3 Å². The second-order valence-corrected chi connectivity index (χ2v) is 11.4. The predicted octanol–water partition coefficient (Wildman–Crippen LogP) is 4.11. The highest BCUT2D eigenvalue weighted by Gasteiger charge is 2.36. The van der Waals surface area contributed by atoms with Crippen LogP contribution in [0.4, 0.5) is 14.5 Å². The molecule has 0 unspecified atom stereocenters. The summed E-state index contributed by atoms with van der Waals surface area (Å²) in [5.74, 6) is -2.90. The lowest BCUT2D eigenvalue weighted by atomic mass is 9.98. The molecular formula is C29H31ClF2N7O3+. The first-order valence-electron chi connectivity index (χ1n) is 13.2. The van der Waals surface area contributed by atoms with Crippen LogP contribution < -0.4 is 15.4 Å². The molecule has 1 saturated heterocycles. The number of hydrogen-bond donors (Lipinski definition) is 2. The highest BCUT2D eigenvalue weighted by Crippen LogP contribution is 2.30. The molecule has 1 aliphatic heterocycles. The lowest BCUT2D eigenvalue weighted by molar-refractivity contribution is -0.939. The minimum absolute atomic E-state index is 0.0424. The minimum Gasteiger partial charge on any atom is -0.494 e. The van der Waals surface area contributed by atoms with Crippen LogP contribution in [0, 0.1) is 17.6 Å². The lowest BCUT2D eigenvalue weighted by Gasteiger charge is -2.44. The van der Waals surface area contributed by atoms with Crippen molar-refractivity contribution in [2.24, 2.45) is 13.0 Å². The summed E-state index contributed by atoms with van der Waals surface area (Å²) in [5.41, 5.74) is 1.57. The van der Waals surface area contributed by atoms with E-state index in [0.717, 1.165) is 29.7 Å². The Hall–Kier alpha value is -4.29. The van der Waals surface area contributed by atoms with Gasteiger partial charge in [0.25, 0.3) is 11.8 Å². The molecule has 1 fully saturated rings. The fourth-order valence-corrected chi connectivity index (χ4v) is 5.59. The predicted molar refractivity (Wildman–Crippen MR) is 153 cm³/mol. The van der Waals surface area contributed by atoms with Crippen molar-refractivity contribution in [2.75, 3.05) is 39.6 Å². The number of rotatable bonds is 9. The normalized spacial score (nSPS) is 14.4. The Morgan fingerprint density at radius 3 is 2.57 bits per heavy atom. The molecule has 10 nitrogen and oxygen atoms in total. The van der Waals surface area contributed by atoms with Crippen LogP contribution in [-0.2, 0) is 20.1 Å². The van der Waals surface area contributed by atoms with Gasteiger partial charge in [0.15, 0.2) is 17.4 Å². The van der Waals surface area contributed by atoms with E-state index in [1.54, 1.807) is 6.20 Å². The zero-order chi connectivity index (χ0) is 30.2. The van der Waals surface area contributed by atoms with Crippen LogP contribution in [-0.4, -0.2) is 69.9 Å². The average molecular weight is 599 g/mol. The number of halogens is 3. The molecule has 2 aromatic carbocycles. The largest absolute Gasteiger partial charge is 0.494 e. The molecule has 0 saturated carbocycles. The lowest BCUT2D eigenvalue weighted by Crippen LogP contribution is -2.59. The second kappa shape index (κ2) is 11.5. The SMILES string of the molecule is COc1ccc(-c2cnc(C(=O)Nc3ccc(C(=O)NCc4cnn(CC5C[N+](C)(C)C5)c4)c(Cl)c3)n2C)c(F)c1F. The summed E-state index contributed by atoms with van der Waals surface area (Å²) >= 11 is 6.38. The third-order valence-electron chi connectivity index (χ3n) is 7.30. The summed E-state index contributed by atoms with van der Waals surface area (Å²) < 4.78 is 37.9. The summed E-state index contributed by atoms with van der Waals surface area (Å²) in [6, 6.07) is 7.14. The number of likely N-dealkylation sites (tertiary alicyclic amines) is 1. The van der Waals surface area contributed by atoms with E-state index in [1.807, 2.05) is 10.9 Å². The van der Waals surface area contributed by atoms with Gasteiger partial charge in [0.1, 0.15) is 0 Å². The number of quaternary nitrogens is 1. The van der Waals surface area contributed by atoms with Gasteiger partial charge in [-0.2, -0.15) is 9.49 Å². The van der Waals surface area contributed by atoms with Crippen molar-refractivity contribution in [1.29, 1.82) is 0 Å². The first-order chi connectivity index (χ1) is 20.0. The number of hydrogen-bond acceptors (Lipinski definition) is 5. The summed E-state index contributed by atoms with van der Waals surface area (Å²) in [7, 11) is 7.17. The van der Waals surface area contributed by atoms with Gasteiger partial charge in [-0.25, -0.2) is 9.37 Å². The van der Waals surface area contributed by atoms with Gasteiger partial charge in [-0.15, -0.1) is 0 Å². The number of amides is 2. The average Bonchev–Trinajstić information content (AvgIpc) is 3.54. The van der Waals surface area contributed by atoms with E-state index in [1.165, 1.54) is 55.3 Å². The number of carbonyl (C=O) groups excluding carboxylic acids is 2. The maximum atomic E-state index is 14.6. The summed E-state index contributed by atoms with van der Waals surface area (Å²) in [6.45, 7) is 3.38. The van der Waals surface area contributed by atoms with Gasteiger partial charge in [-0.3, -0.25) is 14.3 Å². The molecule has 2 N–H and O–H groups in total. The van der Waals surface area contributed by atoms with Crippen molar-refractivity contribution in [3.05, 3.63) is 82.5 Å². The van der Waals surface area contributed by atoms with Crippen molar-refractivity contribution in [3.63, 3.8) is 0 Å². The van der Waals surface area contributed by atoms with E-state index in [-0.39, 0.29) is 39.3 Å². The number of ether oxygens (including phenoxy) is 1. The standard InChI is InChI=1S/C29H30ClF2N7O3/c1-37-23(21-7-8-24(42-4)26(32)25(21)31)12-33-27(37)29(41)36-19-5-6-20(22(30)9-19)28(40)34-10-17-11-35-38(13-17)14-18-15-39(2,3)16-18/h5-9,11-13,18H,10,14-16H2,1-4H3,(H-,34,36,40,41)/p+1. The molecule has 13 heteroatoms. The van der Waals surface area contributed by atoms with Gasteiger partial charge in [0.2, 0.25) is 5.82 Å². The van der Waals surface area contributed by atoms with Gasteiger partial charge in [0, 0.05) is 36.6 Å². The number of carbonyl (C=O) groups is 2. The Morgan fingerprint density at radius 1 is 1.12 bits per heavy atom. The van der Waals surface area contributed by atoms with Crippen LogP contribution in [0.3, 0.4) is 0 Å². The molecule has 3 heterocycles. The van der Waals surface area contributed by atoms with E-state index < -0.39 is 17.5 Å². The third-order valence-corrected chi connectivity index (χ3v) is 7.61. The van der Waals surface area contributed by atoms with Gasteiger partial charge in [-0.1, -0.05) is 11.6 Å². The first-order valence-corrected chi connectivity index (χ1v) is 13.6. The Kier molecular flexibility index (Phi) is 8.02. The topological polar surface area (TPSA) is 103 Å². The number of nitrogens with one attached hydrogen (secondary N) is 2. The summed E-state index contributed by atoms with van der Waals surface area (Å²) in [5, 5.41) is 10.1. The number of nitrogens with zero attached hydrogens (tertiary/aromatic N) is 5. The Balaban J connectivity index is 1.20. The van der Waals surface area contributed by atoms with E-state index in [2.05, 4.69) is 34.8 Å². The summed E-state index contributed by atoms with van der Waals surface area (Å²) in [6.07, 6.45) is 4.94. The fraction of sp³-hybridized carbons (Fsp3) is 0.310. The van der Waals surface area contributed by atoms with Crippen LogP contribution in [0.15, 0.2) is 48.9 Å². The number of methoxy groups -OCH3 is 1. The molecule has 2 aromatic heterocycles. The quantitative estimate of drug-likeness (QED) is 0.282. The van der Waals surface area contributed by atoms with Crippen LogP contribution in [0.25, 0.3) is 11.3 Å². The molecular weight excluding hydrogens is 568 g/mol. The Morgan fingerprint density at radius 2 is 1.88 bits per heavy atom. The zero-order valence-electron chi connectivity index (χ0n) is 23.6. The van der Waals surface area contributed by atoms with Crippen molar-refractivity contribution in [1.82, 2.24) is 24.6 Å². The van der Waals surface area contributed by atoms with E-state index in [9.17, 15) is 18.4 Å². The van der Waals surface area contributed by atoms with Gasteiger partial charge in [0.05, 0.1) is 75.4 Å². The molecule has 0 spiro atoms. The molecule has 0 aliphatic carbocycles. The maximum absolute atomic E-state index is 14.6. The van der Waals surface area contributed by atoms with Gasteiger partial charge >= 0.3 is 0 Å². The fourth-order valence-electron chi connectivity index (χ4n) is 5.32. The number of anilines is 1. The van der Waals surface area contributed by atoms with Crippen LogP contribution in [0.1, 0.15) is 26.5 Å². The monoisotopic (exact) mass is 598 g/mol. The maximum Gasteiger partial charge on any atom is 0.291 e. The van der Waals surface area contributed by atoms with Crippen LogP contribution >= 0.6 is 11.6 Å². The number of imidazole rings is 1. The van der Waals surface area contributed by atoms with Crippen molar-refractivity contribution >= 4 is 29.1 Å². The highest BCUT2D eigenvalue weighted by molar-refractivity contribution is 6.34. The molecule has 4 aromatic rings. The first kappa shape index (κ1) is 29.2. The molecule has 0 atom stereocenters. The molecule has 0 radical (unpaired) electrons. The Bertz CT molecular complexity index is 1660. The van der Waals surface area contributed by atoms with E-state index >= 15 is 0 Å². The van der Waals surface area contributed by atoms with Crippen molar-refractivity contribution < 1.29 is 27.6 Å². The minimum atomic E-state index is -1.14. The number of aromatic nitrogens is 4. The highest BCUT2D eigenvalue weighted by atomic mass is 35.5. The molecule has 42 heavy (non-hydrogen) atoms. The Labute approximate surface area is 246 Å². The number of benzene rings is 2. The van der Waals surface area contributed by atoms with Crippen LogP contribution in [0.2, 0.25) is 5.02 Å². The molecule has 5 rings (SSSR count). The van der Waals surface area contributed by atoms with Gasteiger partial charge in [-0.05, 0) is 30.3 Å². The summed E-state index contributed by atoms with van der Waals surface area (Å²) in [4.78, 5) is 29.8. The molecule has 1 aliphatic rings. The molecule has 2 amide bonds. The van der Waals surface area contributed by atoms with Gasteiger partial charge < -0.3 is 24.4 Å². The smallest absolute Gasteiger partial charge is 0.291 e. The van der Waals surface area contributed by atoms with Crippen LogP contribution in [0.5, 0.6) is 5.75 Å².